The van der Waals surface area contributed by atoms with Gasteiger partial charge < -0.3 is 19.7 Å². The van der Waals surface area contributed by atoms with Crippen LogP contribution in [0.3, 0.4) is 0 Å². The van der Waals surface area contributed by atoms with Crippen molar-refractivity contribution in [2.45, 2.75) is 58.3 Å². The summed E-state index contributed by atoms with van der Waals surface area (Å²) in [4.78, 5) is 16.7. The van der Waals surface area contributed by atoms with E-state index in [1.54, 1.807) is 0 Å². The number of aryl methyl sites for hydroxylation is 1. The van der Waals surface area contributed by atoms with E-state index in [1.807, 2.05) is 47.0 Å². The molecule has 0 aliphatic carbocycles. The summed E-state index contributed by atoms with van der Waals surface area (Å²) in [5, 5.41) is 13.5. The van der Waals surface area contributed by atoms with E-state index in [2.05, 4.69) is 29.4 Å². The van der Waals surface area contributed by atoms with Crippen molar-refractivity contribution in [2.24, 2.45) is 0 Å². The van der Waals surface area contributed by atoms with Crippen LogP contribution in [0.1, 0.15) is 48.0 Å². The van der Waals surface area contributed by atoms with E-state index >= 15 is 0 Å². The number of nitrogens with one attached hydrogen (secondary N) is 1. The number of aliphatic hydroxyl groups is 1. The van der Waals surface area contributed by atoms with Crippen molar-refractivity contribution >= 4 is 17.6 Å². The van der Waals surface area contributed by atoms with Crippen LogP contribution in [-0.4, -0.2) is 33.8 Å². The topological polar surface area (TPSA) is 76.4 Å². The lowest BCUT2D eigenvalue weighted by Crippen LogP contribution is -2.39. The molecule has 33 heavy (non-hydrogen) atoms. The van der Waals surface area contributed by atoms with Gasteiger partial charge in [0.05, 0.1) is 19.4 Å². The van der Waals surface area contributed by atoms with Crippen LogP contribution in [0.2, 0.25) is 5.15 Å². The molecular formula is C26H32ClN3O3. The number of ether oxygens (including phenoxy) is 1. The van der Waals surface area contributed by atoms with E-state index in [0.717, 1.165) is 41.8 Å². The van der Waals surface area contributed by atoms with E-state index in [-0.39, 0.29) is 12.6 Å². The van der Waals surface area contributed by atoms with Crippen molar-refractivity contribution in [1.29, 1.82) is 0 Å². The number of imidazole rings is 1. The van der Waals surface area contributed by atoms with Crippen LogP contribution in [0.4, 0.5) is 0 Å². The van der Waals surface area contributed by atoms with Gasteiger partial charge in [-0.1, -0.05) is 79.5 Å². The number of esters is 1. The zero-order valence-corrected chi connectivity index (χ0v) is 20.0. The molecule has 1 heterocycles. The van der Waals surface area contributed by atoms with Gasteiger partial charge in [-0.05, 0) is 29.5 Å². The average Bonchev–Trinajstić information content (AvgIpc) is 3.14. The lowest BCUT2D eigenvalue weighted by molar-refractivity contribution is -0.143. The maximum absolute atomic E-state index is 12.2. The predicted molar refractivity (Wildman–Crippen MR) is 130 cm³/mol. The molecule has 0 saturated carbocycles. The first-order chi connectivity index (χ1) is 16.0. The predicted octanol–water partition coefficient (Wildman–Crippen LogP) is 4.29. The number of aromatic nitrogens is 2. The highest BCUT2D eigenvalue weighted by atomic mass is 35.5. The Kier molecular flexibility index (Phi) is 9.48. The first kappa shape index (κ1) is 25.0. The lowest BCUT2D eigenvalue weighted by atomic mass is 10.1. The lowest BCUT2D eigenvalue weighted by Gasteiger charge is -2.17. The van der Waals surface area contributed by atoms with E-state index in [4.69, 9.17) is 16.3 Å². The van der Waals surface area contributed by atoms with Gasteiger partial charge in [-0.2, -0.15) is 0 Å². The number of hydrogen-bond acceptors (Lipinski definition) is 5. The van der Waals surface area contributed by atoms with Crippen LogP contribution in [0.15, 0.2) is 54.6 Å². The molecule has 1 atom stereocenters. The van der Waals surface area contributed by atoms with Gasteiger partial charge in [-0.3, -0.25) is 4.79 Å². The fraction of sp³-hybridized carbons (Fsp3) is 0.385. The molecule has 0 radical (unpaired) electrons. The monoisotopic (exact) mass is 469 g/mol. The smallest absolute Gasteiger partial charge is 0.323 e. The molecule has 3 rings (SSSR count). The molecule has 2 aromatic carbocycles. The molecule has 1 aromatic heterocycles. The molecule has 2 N–H and O–H groups in total. The number of nitrogens with zero attached hydrogens (tertiary/aromatic N) is 2. The minimum absolute atomic E-state index is 0.143. The van der Waals surface area contributed by atoms with E-state index in [9.17, 15) is 9.90 Å². The van der Waals surface area contributed by atoms with E-state index < -0.39 is 6.04 Å². The zero-order valence-electron chi connectivity index (χ0n) is 19.3. The summed E-state index contributed by atoms with van der Waals surface area (Å²) in [5.74, 6) is 0.627. The van der Waals surface area contributed by atoms with Gasteiger partial charge in [0.25, 0.3) is 0 Å². The molecule has 0 spiro atoms. The minimum Gasteiger partial charge on any atom is -0.468 e. The normalized spacial score (nSPS) is 12.0. The number of unbranched alkanes of at least 4 members (excludes halogenated alkanes) is 1. The van der Waals surface area contributed by atoms with Crippen LogP contribution in [-0.2, 0) is 42.1 Å². The Morgan fingerprint density at radius 3 is 2.45 bits per heavy atom. The Morgan fingerprint density at radius 2 is 1.82 bits per heavy atom. The molecular weight excluding hydrogens is 438 g/mol. The molecule has 0 fully saturated rings. The summed E-state index contributed by atoms with van der Waals surface area (Å²) in [6.07, 6.45) is 3.48. The van der Waals surface area contributed by atoms with Crippen molar-refractivity contribution in [3.05, 3.63) is 88.0 Å². The Labute approximate surface area is 200 Å². The molecule has 0 aliphatic rings. The number of hydrogen-bond donors (Lipinski definition) is 2. The fourth-order valence-corrected chi connectivity index (χ4v) is 4.04. The SMILES string of the molecule is CCCCc1nc(Cl)c(CO)n1Cc1ccc(CN[C@H](Cc2ccccc2)C(=O)OC)cc1. The van der Waals surface area contributed by atoms with E-state index in [1.165, 1.54) is 7.11 Å². The number of halogens is 1. The van der Waals surface area contributed by atoms with Crippen LogP contribution >= 0.6 is 11.6 Å². The third-order valence-corrected chi connectivity index (χ3v) is 5.99. The summed E-state index contributed by atoms with van der Waals surface area (Å²) in [5.41, 5.74) is 3.88. The second-order valence-corrected chi connectivity index (χ2v) is 8.43. The van der Waals surface area contributed by atoms with Gasteiger partial charge in [0.2, 0.25) is 0 Å². The maximum Gasteiger partial charge on any atom is 0.323 e. The molecule has 0 bridgehead atoms. The molecule has 6 nitrogen and oxygen atoms in total. The maximum atomic E-state index is 12.2. The fourth-order valence-electron chi connectivity index (χ4n) is 3.79. The second-order valence-electron chi connectivity index (χ2n) is 8.08. The average molecular weight is 470 g/mol. The van der Waals surface area contributed by atoms with Crippen LogP contribution in [0.5, 0.6) is 0 Å². The van der Waals surface area contributed by atoms with Crippen molar-refractivity contribution in [2.75, 3.05) is 7.11 Å². The summed E-state index contributed by atoms with van der Waals surface area (Å²) in [6, 6.07) is 17.7. The number of rotatable bonds is 12. The Bertz CT molecular complexity index is 1020. The molecule has 0 unspecified atom stereocenters. The van der Waals surface area contributed by atoms with Crippen molar-refractivity contribution in [3.8, 4) is 0 Å². The van der Waals surface area contributed by atoms with Gasteiger partial charge in [-0.15, -0.1) is 0 Å². The third-order valence-electron chi connectivity index (χ3n) is 5.69. The molecule has 176 valence electrons. The van der Waals surface area contributed by atoms with Gasteiger partial charge in [0, 0.05) is 19.5 Å². The molecule has 7 heteroatoms. The summed E-state index contributed by atoms with van der Waals surface area (Å²) in [7, 11) is 1.41. The number of carbonyl (C=O) groups excluding carboxylic acids is 1. The molecule has 0 amide bonds. The van der Waals surface area contributed by atoms with Crippen LogP contribution in [0.25, 0.3) is 0 Å². The van der Waals surface area contributed by atoms with Crippen LogP contribution < -0.4 is 5.32 Å². The van der Waals surface area contributed by atoms with Crippen molar-refractivity contribution < 1.29 is 14.6 Å². The number of carbonyl (C=O) groups is 1. The highest BCUT2D eigenvalue weighted by Crippen LogP contribution is 2.21. The zero-order chi connectivity index (χ0) is 23.6. The molecule has 0 saturated heterocycles. The van der Waals surface area contributed by atoms with Crippen LogP contribution in [0, 0.1) is 0 Å². The van der Waals surface area contributed by atoms with Crippen molar-refractivity contribution in [1.82, 2.24) is 14.9 Å². The van der Waals surface area contributed by atoms with Gasteiger partial charge in [0.1, 0.15) is 11.9 Å². The minimum atomic E-state index is -0.418. The highest BCUT2D eigenvalue weighted by Gasteiger charge is 2.19. The quantitative estimate of drug-likeness (QED) is 0.387. The Balaban J connectivity index is 1.66. The Hall–Kier alpha value is -2.67. The van der Waals surface area contributed by atoms with Crippen molar-refractivity contribution in [3.63, 3.8) is 0 Å². The van der Waals surface area contributed by atoms with E-state index in [0.29, 0.717) is 30.4 Å². The highest BCUT2D eigenvalue weighted by molar-refractivity contribution is 6.30. The first-order valence-electron chi connectivity index (χ1n) is 11.3. The second kappa shape index (κ2) is 12.5. The largest absolute Gasteiger partial charge is 0.468 e. The van der Waals surface area contributed by atoms with Gasteiger partial charge in [0.15, 0.2) is 5.15 Å². The standard InChI is InChI=1S/C26H32ClN3O3/c1-3-4-10-24-29-25(27)23(18-31)30(24)17-21-13-11-20(12-14-21)16-28-22(26(32)33-2)15-19-8-6-5-7-9-19/h5-9,11-14,22,28,31H,3-4,10,15-18H2,1-2H3/t22-/m1/s1. The molecule has 3 aromatic rings. The first-order valence-corrected chi connectivity index (χ1v) is 11.7. The van der Waals surface area contributed by atoms with Gasteiger partial charge >= 0.3 is 5.97 Å². The number of aliphatic hydroxyl groups excluding tert-OH is 1. The van der Waals surface area contributed by atoms with Gasteiger partial charge in [-0.25, -0.2) is 4.98 Å². The summed E-state index contributed by atoms with van der Waals surface area (Å²) < 4.78 is 6.99. The number of methoxy groups -OCH3 is 1. The Morgan fingerprint density at radius 1 is 1.12 bits per heavy atom. The summed E-state index contributed by atoms with van der Waals surface area (Å²) >= 11 is 6.25. The number of benzene rings is 2. The summed E-state index contributed by atoms with van der Waals surface area (Å²) in [6.45, 7) is 3.14. The third kappa shape index (κ3) is 6.90. The molecule has 0 aliphatic heterocycles.